The zero-order valence-corrected chi connectivity index (χ0v) is 10.7. The highest BCUT2D eigenvalue weighted by Crippen LogP contribution is 2.30. The Morgan fingerprint density at radius 1 is 1.53 bits per heavy atom. The number of piperidine rings is 1. The van der Waals surface area contributed by atoms with E-state index in [2.05, 4.69) is 38.1 Å². The van der Waals surface area contributed by atoms with Gasteiger partial charge in [-0.15, -0.1) is 0 Å². The molecular formula is C12H15N7. The number of fused-ring (bicyclic) bond motifs is 1. The van der Waals surface area contributed by atoms with Crippen LogP contribution in [-0.4, -0.2) is 32.8 Å². The van der Waals surface area contributed by atoms with Gasteiger partial charge in [0.2, 0.25) is 5.95 Å². The van der Waals surface area contributed by atoms with E-state index in [-0.39, 0.29) is 17.9 Å². The largest absolute Gasteiger partial charge is 0.368 e. The van der Waals surface area contributed by atoms with Crippen LogP contribution in [0.2, 0.25) is 0 Å². The first kappa shape index (κ1) is 11.7. The molecule has 3 heterocycles. The van der Waals surface area contributed by atoms with Crippen LogP contribution in [0.15, 0.2) is 6.20 Å². The molecule has 2 aromatic rings. The SMILES string of the molecule is CC1CC(C#N)CCN1c1nc(N)nc2[nH]ncc12. The Labute approximate surface area is 110 Å². The maximum atomic E-state index is 9.02. The minimum Gasteiger partial charge on any atom is -0.368 e. The van der Waals surface area contributed by atoms with E-state index in [0.29, 0.717) is 5.65 Å². The summed E-state index contributed by atoms with van der Waals surface area (Å²) in [6.07, 6.45) is 3.41. The molecule has 1 fully saturated rings. The molecule has 0 spiro atoms. The lowest BCUT2D eigenvalue weighted by Crippen LogP contribution is -2.41. The van der Waals surface area contributed by atoms with Crippen molar-refractivity contribution in [3.05, 3.63) is 6.20 Å². The minimum absolute atomic E-state index is 0.130. The summed E-state index contributed by atoms with van der Waals surface area (Å²) in [5.41, 5.74) is 6.39. The van der Waals surface area contributed by atoms with Crippen molar-refractivity contribution in [3.8, 4) is 6.07 Å². The highest BCUT2D eigenvalue weighted by atomic mass is 15.3. The summed E-state index contributed by atoms with van der Waals surface area (Å²) >= 11 is 0. The van der Waals surface area contributed by atoms with Crippen LogP contribution in [0, 0.1) is 17.2 Å². The number of hydrogen-bond donors (Lipinski definition) is 2. The molecule has 2 aromatic heterocycles. The molecular weight excluding hydrogens is 242 g/mol. The van der Waals surface area contributed by atoms with Gasteiger partial charge in [0, 0.05) is 18.5 Å². The van der Waals surface area contributed by atoms with Crippen LogP contribution in [0.25, 0.3) is 11.0 Å². The standard InChI is InChI=1S/C12H15N7/c1-7-4-8(5-13)2-3-19(7)11-9-6-15-18-10(9)16-12(14)17-11/h6-8H,2-4H2,1H3,(H3,14,15,16,17,18). The molecule has 2 unspecified atom stereocenters. The summed E-state index contributed by atoms with van der Waals surface area (Å²) in [4.78, 5) is 10.6. The van der Waals surface area contributed by atoms with Crippen molar-refractivity contribution in [2.75, 3.05) is 17.2 Å². The Balaban J connectivity index is 2.00. The zero-order valence-electron chi connectivity index (χ0n) is 10.7. The third kappa shape index (κ3) is 1.95. The fourth-order valence-corrected chi connectivity index (χ4v) is 2.66. The molecule has 1 saturated heterocycles. The van der Waals surface area contributed by atoms with Crippen LogP contribution in [0.3, 0.4) is 0 Å². The molecule has 3 rings (SSSR count). The molecule has 0 bridgehead atoms. The number of aromatic amines is 1. The third-order valence-electron chi connectivity index (χ3n) is 3.64. The Kier molecular flexibility index (Phi) is 2.71. The number of nitrogens with two attached hydrogens (primary N) is 1. The summed E-state index contributed by atoms with van der Waals surface area (Å²) in [5, 5.41) is 16.7. The summed E-state index contributed by atoms with van der Waals surface area (Å²) in [6, 6.07) is 2.60. The first-order chi connectivity index (χ1) is 9.19. The van der Waals surface area contributed by atoms with Gasteiger partial charge in [-0.3, -0.25) is 5.10 Å². The van der Waals surface area contributed by atoms with Crippen LogP contribution in [0.4, 0.5) is 11.8 Å². The summed E-state index contributed by atoms with van der Waals surface area (Å²) in [6.45, 7) is 2.91. The fourth-order valence-electron chi connectivity index (χ4n) is 2.66. The smallest absolute Gasteiger partial charge is 0.224 e. The lowest BCUT2D eigenvalue weighted by atomic mass is 9.93. The molecule has 98 valence electrons. The number of nitriles is 1. The molecule has 0 radical (unpaired) electrons. The predicted molar refractivity (Wildman–Crippen MR) is 71.2 cm³/mol. The van der Waals surface area contributed by atoms with Gasteiger partial charge in [0.15, 0.2) is 5.65 Å². The van der Waals surface area contributed by atoms with E-state index in [1.807, 2.05) is 0 Å². The average molecular weight is 257 g/mol. The van der Waals surface area contributed by atoms with Crippen molar-refractivity contribution in [3.63, 3.8) is 0 Å². The fraction of sp³-hybridized carbons (Fsp3) is 0.500. The van der Waals surface area contributed by atoms with E-state index in [1.165, 1.54) is 0 Å². The van der Waals surface area contributed by atoms with E-state index in [9.17, 15) is 0 Å². The molecule has 0 amide bonds. The maximum absolute atomic E-state index is 9.02. The van der Waals surface area contributed by atoms with Gasteiger partial charge >= 0.3 is 0 Å². The number of nitrogens with one attached hydrogen (secondary N) is 1. The number of aromatic nitrogens is 4. The summed E-state index contributed by atoms with van der Waals surface area (Å²) < 4.78 is 0. The van der Waals surface area contributed by atoms with Crippen LogP contribution >= 0.6 is 0 Å². The number of rotatable bonds is 1. The second-order valence-electron chi connectivity index (χ2n) is 4.93. The molecule has 7 heteroatoms. The number of nitrogen functional groups attached to an aromatic ring is 1. The van der Waals surface area contributed by atoms with Gasteiger partial charge < -0.3 is 10.6 Å². The second kappa shape index (κ2) is 4.39. The second-order valence-corrected chi connectivity index (χ2v) is 4.93. The molecule has 0 aliphatic carbocycles. The Morgan fingerprint density at radius 2 is 2.37 bits per heavy atom. The Morgan fingerprint density at radius 3 is 3.11 bits per heavy atom. The van der Waals surface area contributed by atoms with Crippen LogP contribution in [-0.2, 0) is 0 Å². The normalized spacial score (nSPS) is 23.5. The van der Waals surface area contributed by atoms with Crippen LogP contribution < -0.4 is 10.6 Å². The van der Waals surface area contributed by atoms with Crippen molar-refractivity contribution < 1.29 is 0 Å². The predicted octanol–water partition coefficient (Wildman–Crippen LogP) is 1.06. The van der Waals surface area contributed by atoms with Gasteiger partial charge in [0.1, 0.15) is 5.82 Å². The van der Waals surface area contributed by atoms with Crippen LogP contribution in [0.1, 0.15) is 19.8 Å². The number of H-pyrrole nitrogens is 1. The van der Waals surface area contributed by atoms with Crippen molar-refractivity contribution >= 4 is 22.8 Å². The number of anilines is 2. The Hall–Kier alpha value is -2.36. The van der Waals surface area contributed by atoms with Crippen LogP contribution in [0.5, 0.6) is 0 Å². The van der Waals surface area contributed by atoms with E-state index in [4.69, 9.17) is 11.0 Å². The van der Waals surface area contributed by atoms with Gasteiger partial charge in [-0.1, -0.05) is 0 Å². The van der Waals surface area contributed by atoms with Crippen molar-refractivity contribution in [1.82, 2.24) is 20.2 Å². The van der Waals surface area contributed by atoms with E-state index in [1.54, 1.807) is 6.20 Å². The molecule has 3 N–H and O–H groups in total. The highest BCUT2D eigenvalue weighted by molar-refractivity contribution is 5.87. The lowest BCUT2D eigenvalue weighted by molar-refractivity contribution is 0.414. The van der Waals surface area contributed by atoms with E-state index < -0.39 is 0 Å². The molecule has 0 aromatic carbocycles. The molecule has 1 aliphatic rings. The molecule has 1 aliphatic heterocycles. The number of nitrogens with zero attached hydrogens (tertiary/aromatic N) is 5. The average Bonchev–Trinajstić information content (AvgIpc) is 2.85. The van der Waals surface area contributed by atoms with Crippen molar-refractivity contribution in [2.24, 2.45) is 5.92 Å². The quantitative estimate of drug-likeness (QED) is 0.791. The molecule has 7 nitrogen and oxygen atoms in total. The molecule has 2 atom stereocenters. The van der Waals surface area contributed by atoms with Crippen molar-refractivity contribution in [2.45, 2.75) is 25.8 Å². The molecule has 0 saturated carbocycles. The van der Waals surface area contributed by atoms with Gasteiger partial charge in [0.05, 0.1) is 17.7 Å². The lowest BCUT2D eigenvalue weighted by Gasteiger charge is -2.36. The monoisotopic (exact) mass is 257 g/mol. The van der Waals surface area contributed by atoms with Gasteiger partial charge in [-0.25, -0.2) is 0 Å². The summed E-state index contributed by atoms with van der Waals surface area (Å²) in [5.74, 6) is 1.17. The Bertz CT molecular complexity index is 641. The van der Waals surface area contributed by atoms with Gasteiger partial charge in [-0.05, 0) is 19.8 Å². The van der Waals surface area contributed by atoms with E-state index in [0.717, 1.165) is 30.6 Å². The molecule has 19 heavy (non-hydrogen) atoms. The topological polar surface area (TPSA) is 108 Å². The van der Waals surface area contributed by atoms with Crippen molar-refractivity contribution in [1.29, 1.82) is 5.26 Å². The third-order valence-corrected chi connectivity index (χ3v) is 3.64. The number of hydrogen-bond acceptors (Lipinski definition) is 6. The maximum Gasteiger partial charge on any atom is 0.224 e. The van der Waals surface area contributed by atoms with E-state index >= 15 is 0 Å². The zero-order chi connectivity index (χ0) is 13.4. The highest BCUT2D eigenvalue weighted by Gasteiger charge is 2.28. The van der Waals surface area contributed by atoms with Gasteiger partial charge in [-0.2, -0.15) is 20.3 Å². The summed E-state index contributed by atoms with van der Waals surface area (Å²) in [7, 11) is 0. The first-order valence-corrected chi connectivity index (χ1v) is 6.32. The minimum atomic E-state index is 0.130. The van der Waals surface area contributed by atoms with Gasteiger partial charge in [0.25, 0.3) is 0 Å². The first-order valence-electron chi connectivity index (χ1n) is 6.32.